The van der Waals surface area contributed by atoms with Crippen molar-refractivity contribution in [3.8, 4) is 0 Å². The van der Waals surface area contributed by atoms with Crippen LogP contribution in [0.2, 0.25) is 0 Å². The molecule has 0 unspecified atom stereocenters. The lowest BCUT2D eigenvalue weighted by Gasteiger charge is -2.34. The van der Waals surface area contributed by atoms with Crippen molar-refractivity contribution >= 4 is 31.6 Å². The highest BCUT2D eigenvalue weighted by Gasteiger charge is 2.28. The Bertz CT molecular complexity index is 1110. The smallest absolute Gasteiger partial charge is 0.302 e. The van der Waals surface area contributed by atoms with Crippen LogP contribution in [0.1, 0.15) is 5.56 Å². The van der Waals surface area contributed by atoms with Gasteiger partial charge in [-0.2, -0.15) is 4.31 Å². The van der Waals surface area contributed by atoms with Crippen LogP contribution < -0.4 is 4.87 Å². The summed E-state index contributed by atoms with van der Waals surface area (Å²) in [5.74, 6) is 0. The van der Waals surface area contributed by atoms with Gasteiger partial charge in [0.15, 0.2) is 0 Å². The number of fused-ring (bicyclic) bond motifs is 1. The van der Waals surface area contributed by atoms with Crippen molar-refractivity contribution in [3.05, 3.63) is 63.8 Å². The fourth-order valence-electron chi connectivity index (χ4n) is 3.39. The summed E-state index contributed by atoms with van der Waals surface area (Å²) in [6.45, 7) is 3.18. The third-order valence-corrected chi connectivity index (χ3v) is 7.87. The molecule has 8 heteroatoms. The molecule has 6 nitrogen and oxygen atoms in total. The van der Waals surface area contributed by atoms with Gasteiger partial charge in [0.05, 0.1) is 15.1 Å². The lowest BCUT2D eigenvalue weighted by molar-refractivity contribution is 0.181. The molecule has 2 aromatic carbocycles. The van der Waals surface area contributed by atoms with E-state index in [0.717, 1.165) is 23.4 Å². The molecule has 0 N–H and O–H groups in total. The molecule has 142 valence electrons. The fourth-order valence-corrected chi connectivity index (χ4v) is 5.84. The van der Waals surface area contributed by atoms with Gasteiger partial charge in [0.25, 0.3) is 0 Å². The molecule has 1 aliphatic rings. The van der Waals surface area contributed by atoms with Crippen molar-refractivity contribution < 1.29 is 8.42 Å². The minimum absolute atomic E-state index is 0.0888. The Kier molecular flexibility index (Phi) is 4.90. The van der Waals surface area contributed by atoms with Gasteiger partial charge >= 0.3 is 4.87 Å². The molecule has 4 rings (SSSR count). The maximum atomic E-state index is 13.0. The summed E-state index contributed by atoms with van der Waals surface area (Å²) >= 11 is 1.07. The van der Waals surface area contributed by atoms with Crippen LogP contribution in [0.5, 0.6) is 0 Å². The van der Waals surface area contributed by atoms with Crippen molar-refractivity contribution in [1.82, 2.24) is 13.8 Å². The van der Waals surface area contributed by atoms with Crippen molar-refractivity contribution in [1.29, 1.82) is 0 Å². The highest BCUT2D eigenvalue weighted by atomic mass is 32.2. The highest BCUT2D eigenvalue weighted by Crippen LogP contribution is 2.24. The summed E-state index contributed by atoms with van der Waals surface area (Å²) in [7, 11) is -1.86. The fraction of sp³-hybridized carbons (Fsp3) is 0.316. The average Bonchev–Trinajstić information content (AvgIpc) is 2.96. The first kappa shape index (κ1) is 18.4. The van der Waals surface area contributed by atoms with Gasteiger partial charge in [0.1, 0.15) is 0 Å². The zero-order valence-electron chi connectivity index (χ0n) is 15.0. The highest BCUT2D eigenvalue weighted by molar-refractivity contribution is 7.89. The molecule has 1 aliphatic heterocycles. The Balaban J connectivity index is 1.49. The maximum Gasteiger partial charge on any atom is 0.307 e. The number of piperazine rings is 1. The van der Waals surface area contributed by atoms with E-state index in [0.29, 0.717) is 30.9 Å². The summed E-state index contributed by atoms with van der Waals surface area (Å²) in [6, 6.07) is 15.1. The molecule has 3 aromatic rings. The van der Waals surface area contributed by atoms with Crippen LogP contribution in [-0.4, -0.2) is 48.4 Å². The van der Waals surface area contributed by atoms with E-state index in [4.69, 9.17) is 0 Å². The number of hydrogen-bond donors (Lipinski definition) is 0. The predicted molar refractivity (Wildman–Crippen MR) is 108 cm³/mol. The molecule has 0 saturated carbocycles. The molecular weight excluding hydrogens is 382 g/mol. The minimum atomic E-state index is -3.55. The van der Waals surface area contributed by atoms with Crippen LogP contribution in [0, 0.1) is 0 Å². The van der Waals surface area contributed by atoms with E-state index in [2.05, 4.69) is 17.0 Å². The van der Waals surface area contributed by atoms with Crippen LogP contribution in [0.15, 0.2) is 58.2 Å². The zero-order chi connectivity index (χ0) is 19.0. The first-order valence-corrected chi connectivity index (χ1v) is 11.1. The number of thiazole rings is 1. The molecule has 1 aromatic heterocycles. The van der Waals surface area contributed by atoms with Crippen molar-refractivity contribution in [2.24, 2.45) is 7.05 Å². The number of sulfonamides is 1. The van der Waals surface area contributed by atoms with E-state index >= 15 is 0 Å². The molecule has 0 amide bonds. The summed E-state index contributed by atoms with van der Waals surface area (Å²) in [4.78, 5) is 14.2. The maximum absolute atomic E-state index is 13.0. The second-order valence-electron chi connectivity index (χ2n) is 6.72. The number of aryl methyl sites for hydroxylation is 1. The Morgan fingerprint density at radius 1 is 1.00 bits per heavy atom. The molecule has 27 heavy (non-hydrogen) atoms. The van der Waals surface area contributed by atoms with E-state index in [1.807, 2.05) is 18.2 Å². The minimum Gasteiger partial charge on any atom is -0.302 e. The molecule has 2 heterocycles. The topological polar surface area (TPSA) is 62.6 Å². The van der Waals surface area contributed by atoms with Crippen molar-refractivity contribution in [2.75, 3.05) is 26.2 Å². The lowest BCUT2D eigenvalue weighted by Crippen LogP contribution is -2.48. The van der Waals surface area contributed by atoms with Crippen molar-refractivity contribution in [2.45, 2.75) is 11.4 Å². The molecule has 0 radical (unpaired) electrons. The number of rotatable bonds is 4. The van der Waals surface area contributed by atoms with E-state index in [1.54, 1.807) is 34.1 Å². The molecule has 1 saturated heterocycles. The molecule has 0 bridgehead atoms. The Hall–Kier alpha value is -2.00. The van der Waals surface area contributed by atoms with Crippen LogP contribution in [0.3, 0.4) is 0 Å². The van der Waals surface area contributed by atoms with Crippen molar-refractivity contribution in [3.63, 3.8) is 0 Å². The molecule has 0 spiro atoms. The Labute approximate surface area is 162 Å². The Morgan fingerprint density at radius 3 is 2.41 bits per heavy atom. The molecule has 0 aliphatic carbocycles. The summed E-state index contributed by atoms with van der Waals surface area (Å²) < 4.78 is 29.8. The number of benzene rings is 2. The predicted octanol–water partition coefficient (Wildman–Crippen LogP) is 2.11. The van der Waals surface area contributed by atoms with Gasteiger partial charge in [0.2, 0.25) is 10.0 Å². The van der Waals surface area contributed by atoms with E-state index in [-0.39, 0.29) is 9.77 Å². The van der Waals surface area contributed by atoms with Gasteiger partial charge in [-0.1, -0.05) is 41.7 Å². The second-order valence-corrected chi connectivity index (χ2v) is 9.65. The van der Waals surface area contributed by atoms with Gasteiger partial charge in [0, 0.05) is 39.8 Å². The van der Waals surface area contributed by atoms with Crippen LogP contribution >= 0.6 is 11.3 Å². The van der Waals surface area contributed by atoms with Gasteiger partial charge in [-0.25, -0.2) is 8.42 Å². The third kappa shape index (κ3) is 3.58. The zero-order valence-corrected chi connectivity index (χ0v) is 16.7. The van der Waals surface area contributed by atoms with Crippen LogP contribution in [0.4, 0.5) is 0 Å². The summed E-state index contributed by atoms with van der Waals surface area (Å²) in [5, 5.41) is 0. The van der Waals surface area contributed by atoms with Gasteiger partial charge in [-0.05, 0) is 23.8 Å². The van der Waals surface area contributed by atoms with Crippen LogP contribution in [-0.2, 0) is 23.6 Å². The number of nitrogens with zero attached hydrogens (tertiary/aromatic N) is 3. The summed E-state index contributed by atoms with van der Waals surface area (Å²) in [6.07, 6.45) is 0. The SMILES string of the molecule is Cn1c(=O)sc2cc(S(=O)(=O)N3CCN(Cc4ccccc4)CC3)ccc21. The van der Waals surface area contributed by atoms with E-state index in [9.17, 15) is 13.2 Å². The first-order chi connectivity index (χ1) is 12.9. The van der Waals surface area contributed by atoms with Gasteiger partial charge in [-0.15, -0.1) is 0 Å². The van der Waals surface area contributed by atoms with Gasteiger partial charge in [-0.3, -0.25) is 9.69 Å². The number of hydrogen-bond acceptors (Lipinski definition) is 5. The average molecular weight is 404 g/mol. The summed E-state index contributed by atoms with van der Waals surface area (Å²) in [5.41, 5.74) is 2.00. The van der Waals surface area contributed by atoms with E-state index < -0.39 is 10.0 Å². The lowest BCUT2D eigenvalue weighted by atomic mass is 10.2. The van der Waals surface area contributed by atoms with E-state index in [1.165, 1.54) is 5.56 Å². The monoisotopic (exact) mass is 403 g/mol. The molecular formula is C19H21N3O3S2. The van der Waals surface area contributed by atoms with Gasteiger partial charge < -0.3 is 4.57 Å². The quantitative estimate of drug-likeness (QED) is 0.669. The standard InChI is InChI=1S/C19H21N3O3S2/c1-20-17-8-7-16(13-18(17)26-19(20)23)27(24,25)22-11-9-21(10-12-22)14-15-5-3-2-4-6-15/h2-8,13H,9-12,14H2,1H3. The number of aromatic nitrogens is 1. The second kappa shape index (κ2) is 7.20. The van der Waals surface area contributed by atoms with Crippen LogP contribution in [0.25, 0.3) is 10.2 Å². The normalized spacial score (nSPS) is 16.8. The molecule has 0 atom stereocenters. The molecule has 1 fully saturated rings. The Morgan fingerprint density at radius 2 is 1.70 bits per heavy atom. The first-order valence-electron chi connectivity index (χ1n) is 8.81. The largest absolute Gasteiger partial charge is 0.307 e. The third-order valence-electron chi connectivity index (χ3n) is 4.98.